The fraction of sp³-hybridized carbons (Fsp3) is 0.360. The highest BCUT2D eigenvalue weighted by Crippen LogP contribution is 2.30. The Morgan fingerprint density at radius 3 is 2.91 bits per heavy atom. The Balaban J connectivity index is 1.45. The lowest BCUT2D eigenvalue weighted by atomic mass is 10.1. The Bertz CT molecular complexity index is 1260. The van der Waals surface area contributed by atoms with Gasteiger partial charge in [-0.05, 0) is 31.7 Å². The van der Waals surface area contributed by atoms with Crippen molar-refractivity contribution in [3.63, 3.8) is 0 Å². The van der Waals surface area contributed by atoms with Gasteiger partial charge in [0.15, 0.2) is 0 Å². The van der Waals surface area contributed by atoms with Crippen molar-refractivity contribution in [2.75, 3.05) is 40.5 Å². The summed E-state index contributed by atoms with van der Waals surface area (Å²) in [5.74, 6) is 1.43. The van der Waals surface area contributed by atoms with Gasteiger partial charge in [0.1, 0.15) is 41.5 Å². The average molecular weight is 449 g/mol. The minimum atomic E-state index is -0.527. The molecular weight excluding hydrogens is 420 g/mol. The summed E-state index contributed by atoms with van der Waals surface area (Å²) in [6.45, 7) is 2.52. The number of nitrogens with zero attached hydrogens (tertiary/aromatic N) is 4. The fourth-order valence-electron chi connectivity index (χ4n) is 4.21. The van der Waals surface area contributed by atoms with Crippen molar-refractivity contribution in [3.05, 3.63) is 54.9 Å². The summed E-state index contributed by atoms with van der Waals surface area (Å²) in [6.07, 6.45) is 3.75. The molecule has 0 bridgehead atoms. The topological polar surface area (TPSA) is 81.4 Å². The molecule has 1 fully saturated rings. The number of likely N-dealkylation sites (tertiary alicyclic amines) is 1. The number of ether oxygens (including phenoxy) is 3. The highest BCUT2D eigenvalue weighted by atomic mass is 16.5. The van der Waals surface area contributed by atoms with E-state index < -0.39 is 6.10 Å². The van der Waals surface area contributed by atoms with Gasteiger partial charge in [-0.15, -0.1) is 0 Å². The smallest absolute Gasteiger partial charge is 0.146 e. The van der Waals surface area contributed by atoms with Crippen molar-refractivity contribution in [1.82, 2.24) is 19.3 Å². The minimum Gasteiger partial charge on any atom is -0.491 e. The van der Waals surface area contributed by atoms with Crippen LogP contribution in [-0.2, 0) is 4.74 Å². The highest BCUT2D eigenvalue weighted by molar-refractivity contribution is 5.86. The summed E-state index contributed by atoms with van der Waals surface area (Å²) >= 11 is 0. The van der Waals surface area contributed by atoms with Crippen LogP contribution < -0.4 is 9.47 Å². The molecule has 5 rings (SSSR count). The Morgan fingerprint density at radius 1 is 1.15 bits per heavy atom. The second-order valence-corrected chi connectivity index (χ2v) is 8.37. The maximum Gasteiger partial charge on any atom is 0.146 e. The number of aliphatic hydroxyl groups is 1. The van der Waals surface area contributed by atoms with E-state index in [1.807, 2.05) is 66.3 Å². The number of likely N-dealkylation sites (N-methyl/N-ethyl adjacent to an activating group) is 1. The van der Waals surface area contributed by atoms with E-state index in [1.165, 1.54) is 0 Å². The first-order chi connectivity index (χ1) is 16.1. The van der Waals surface area contributed by atoms with Crippen molar-refractivity contribution >= 4 is 16.6 Å². The molecule has 0 amide bonds. The molecule has 2 atom stereocenters. The number of aromatic nitrogens is 3. The van der Waals surface area contributed by atoms with Crippen LogP contribution >= 0.6 is 0 Å². The number of methoxy groups -OCH3 is 1. The van der Waals surface area contributed by atoms with Crippen LogP contribution in [0.25, 0.3) is 27.9 Å². The number of pyridine rings is 2. The van der Waals surface area contributed by atoms with Gasteiger partial charge in [-0.25, -0.2) is 9.97 Å². The summed E-state index contributed by atoms with van der Waals surface area (Å²) in [7, 11) is 3.66. The third-order valence-corrected chi connectivity index (χ3v) is 5.99. The third-order valence-electron chi connectivity index (χ3n) is 5.99. The van der Waals surface area contributed by atoms with Crippen LogP contribution in [0.4, 0.5) is 0 Å². The van der Waals surface area contributed by atoms with Gasteiger partial charge in [0.25, 0.3) is 0 Å². The third kappa shape index (κ3) is 4.50. The largest absolute Gasteiger partial charge is 0.491 e. The Labute approximate surface area is 192 Å². The molecule has 8 heteroatoms. The summed E-state index contributed by atoms with van der Waals surface area (Å²) in [4.78, 5) is 11.6. The van der Waals surface area contributed by atoms with Crippen LogP contribution in [0.1, 0.15) is 6.42 Å². The molecule has 8 nitrogen and oxygen atoms in total. The predicted octanol–water partition coefficient (Wildman–Crippen LogP) is 3.02. The van der Waals surface area contributed by atoms with Gasteiger partial charge in [0.05, 0.1) is 24.2 Å². The first-order valence-corrected chi connectivity index (χ1v) is 11.1. The minimum absolute atomic E-state index is 0.246. The van der Waals surface area contributed by atoms with Gasteiger partial charge in [-0.1, -0.05) is 18.2 Å². The molecule has 1 aliphatic heterocycles. The molecule has 33 heavy (non-hydrogen) atoms. The summed E-state index contributed by atoms with van der Waals surface area (Å²) < 4.78 is 19.0. The van der Waals surface area contributed by atoms with E-state index in [0.717, 1.165) is 46.7 Å². The Morgan fingerprint density at radius 2 is 2.06 bits per heavy atom. The number of hydrogen-bond acceptors (Lipinski definition) is 7. The molecule has 0 spiro atoms. The average Bonchev–Trinajstić information content (AvgIpc) is 3.24. The second kappa shape index (κ2) is 9.35. The maximum absolute atomic E-state index is 10.5. The van der Waals surface area contributed by atoms with Crippen LogP contribution in [0.2, 0.25) is 0 Å². The highest BCUT2D eigenvalue weighted by Gasteiger charge is 2.28. The van der Waals surface area contributed by atoms with E-state index >= 15 is 0 Å². The van der Waals surface area contributed by atoms with Crippen LogP contribution in [0, 0.1) is 0 Å². The number of imidazole rings is 1. The molecule has 172 valence electrons. The van der Waals surface area contributed by atoms with Gasteiger partial charge in [-0.2, -0.15) is 0 Å². The quantitative estimate of drug-likeness (QED) is 0.435. The zero-order valence-corrected chi connectivity index (χ0v) is 18.8. The maximum atomic E-state index is 10.5. The summed E-state index contributed by atoms with van der Waals surface area (Å²) in [5.41, 5.74) is 3.23. The number of para-hydroxylation sites is 1. The van der Waals surface area contributed by atoms with Crippen molar-refractivity contribution in [2.24, 2.45) is 0 Å². The fourth-order valence-corrected chi connectivity index (χ4v) is 4.21. The van der Waals surface area contributed by atoms with Gasteiger partial charge >= 0.3 is 0 Å². The SMILES string of the molecule is COCCOc1ccn2c(-c3ccc4cccc(O[C@@H]5CCN(C)C[C@@H]5O)c4n3)cnc2c1. The molecule has 4 heterocycles. The van der Waals surface area contributed by atoms with Crippen molar-refractivity contribution in [1.29, 1.82) is 0 Å². The number of β-amino-alcohol motifs (C(OH)–C–C–N with tert-alkyl or cyclic N) is 1. The molecule has 0 saturated carbocycles. The monoisotopic (exact) mass is 448 g/mol. The van der Waals surface area contributed by atoms with E-state index in [9.17, 15) is 5.11 Å². The lowest BCUT2D eigenvalue weighted by molar-refractivity contribution is -0.0176. The molecular formula is C25H28N4O4. The van der Waals surface area contributed by atoms with Crippen LogP contribution in [-0.4, -0.2) is 77.0 Å². The molecule has 1 N–H and O–H groups in total. The zero-order chi connectivity index (χ0) is 22.8. The zero-order valence-electron chi connectivity index (χ0n) is 18.8. The van der Waals surface area contributed by atoms with Crippen LogP contribution in [0.3, 0.4) is 0 Å². The van der Waals surface area contributed by atoms with Crippen LogP contribution in [0.5, 0.6) is 11.5 Å². The number of piperidine rings is 1. The van der Waals surface area contributed by atoms with E-state index in [0.29, 0.717) is 25.5 Å². The Kier molecular flexibility index (Phi) is 6.13. The summed E-state index contributed by atoms with van der Waals surface area (Å²) in [6, 6.07) is 13.7. The molecule has 1 aromatic carbocycles. The number of rotatable bonds is 7. The van der Waals surface area contributed by atoms with E-state index in [2.05, 4.69) is 9.88 Å². The molecule has 1 saturated heterocycles. The van der Waals surface area contributed by atoms with Crippen molar-refractivity contribution in [2.45, 2.75) is 18.6 Å². The second-order valence-electron chi connectivity index (χ2n) is 8.37. The standard InChI is InChI=1S/C25H28N4O4/c1-28-10-9-22(21(30)16-28)33-23-5-3-4-17-6-7-19(27-25(17)23)20-15-26-24-14-18(8-11-29(20)24)32-13-12-31-2/h3-8,11,14-15,21-22,30H,9-10,12-13,16H2,1-2H3/t21-,22+/m0/s1. The van der Waals surface area contributed by atoms with E-state index in [-0.39, 0.29) is 6.10 Å². The first kappa shape index (κ1) is 21.6. The number of aliphatic hydroxyl groups excluding tert-OH is 1. The van der Waals surface area contributed by atoms with Crippen molar-refractivity contribution in [3.8, 4) is 22.9 Å². The van der Waals surface area contributed by atoms with Gasteiger partial charge in [0, 0.05) is 37.8 Å². The number of benzene rings is 1. The number of hydrogen-bond donors (Lipinski definition) is 1. The van der Waals surface area contributed by atoms with Crippen molar-refractivity contribution < 1.29 is 19.3 Å². The normalized spacial score (nSPS) is 19.2. The first-order valence-electron chi connectivity index (χ1n) is 11.1. The molecule has 3 aromatic heterocycles. The number of fused-ring (bicyclic) bond motifs is 2. The Hall–Kier alpha value is -3.20. The van der Waals surface area contributed by atoms with E-state index in [4.69, 9.17) is 19.2 Å². The molecule has 0 unspecified atom stereocenters. The lowest BCUT2D eigenvalue weighted by Gasteiger charge is -2.33. The molecule has 0 radical (unpaired) electrons. The molecule has 1 aliphatic rings. The van der Waals surface area contributed by atoms with Gasteiger partial charge in [-0.3, -0.25) is 4.40 Å². The lowest BCUT2D eigenvalue weighted by Crippen LogP contribution is -2.47. The predicted molar refractivity (Wildman–Crippen MR) is 126 cm³/mol. The molecule has 4 aromatic rings. The van der Waals surface area contributed by atoms with Gasteiger partial charge in [0.2, 0.25) is 0 Å². The molecule has 0 aliphatic carbocycles. The van der Waals surface area contributed by atoms with Crippen LogP contribution in [0.15, 0.2) is 54.9 Å². The summed E-state index contributed by atoms with van der Waals surface area (Å²) in [5, 5.41) is 11.5. The van der Waals surface area contributed by atoms with E-state index in [1.54, 1.807) is 7.11 Å². The van der Waals surface area contributed by atoms with Gasteiger partial charge < -0.3 is 24.2 Å².